The summed E-state index contributed by atoms with van der Waals surface area (Å²) in [5.74, 6) is 1.73. The molecule has 1 fully saturated rings. The Morgan fingerprint density at radius 3 is 2.61 bits per heavy atom. The van der Waals surface area contributed by atoms with Gasteiger partial charge in [-0.1, -0.05) is 15.9 Å². The van der Waals surface area contributed by atoms with Crippen LogP contribution in [0, 0.1) is 0 Å². The largest absolute Gasteiger partial charge is 0.486 e. The van der Waals surface area contributed by atoms with E-state index in [1.807, 2.05) is 29.0 Å². The number of carbonyl (C=O) groups excluding carboxylic acids is 1. The van der Waals surface area contributed by atoms with Crippen molar-refractivity contribution < 1.29 is 14.3 Å². The summed E-state index contributed by atoms with van der Waals surface area (Å²) >= 11 is 3.58. The van der Waals surface area contributed by atoms with Gasteiger partial charge < -0.3 is 19.7 Å². The molecule has 1 N–H and O–H groups in total. The van der Waals surface area contributed by atoms with Gasteiger partial charge in [-0.25, -0.2) is 0 Å². The molecule has 1 aromatic rings. The molecular formula is C16H22BrN3O3. The molecule has 2 heterocycles. The van der Waals surface area contributed by atoms with Gasteiger partial charge in [-0.2, -0.15) is 0 Å². The number of fused-ring (bicyclic) bond motifs is 1. The highest BCUT2D eigenvalue weighted by molar-refractivity contribution is 9.10. The van der Waals surface area contributed by atoms with Crippen molar-refractivity contribution in [2.24, 2.45) is 0 Å². The number of benzene rings is 1. The zero-order valence-electron chi connectivity index (χ0n) is 13.3. The molecule has 0 bridgehead atoms. The van der Waals surface area contributed by atoms with Crippen molar-refractivity contribution in [1.29, 1.82) is 0 Å². The molecule has 7 heteroatoms. The second kappa shape index (κ2) is 7.51. The number of likely N-dealkylation sites (N-methyl/N-ethyl adjacent to an activating group) is 1. The van der Waals surface area contributed by atoms with Crippen LogP contribution in [0.25, 0.3) is 0 Å². The molecule has 2 aliphatic rings. The minimum Gasteiger partial charge on any atom is -0.486 e. The first-order valence-corrected chi connectivity index (χ1v) is 8.68. The first-order valence-electron chi connectivity index (χ1n) is 7.88. The lowest BCUT2D eigenvalue weighted by Crippen LogP contribution is -2.49. The van der Waals surface area contributed by atoms with E-state index in [2.05, 4.69) is 21.2 Å². The molecule has 3 rings (SSSR count). The maximum absolute atomic E-state index is 12.3. The standard InChI is InChI=1S/C16H22BrN3O3/c1-19(11-16(21)20-4-2-18-3-5-20)10-12-8-14-15(9-13(12)17)23-7-6-22-14/h8-9,18H,2-7,10-11H2,1H3. The van der Waals surface area contributed by atoms with Crippen molar-refractivity contribution in [3.8, 4) is 11.5 Å². The molecule has 126 valence electrons. The highest BCUT2D eigenvalue weighted by atomic mass is 79.9. The second-order valence-electron chi connectivity index (χ2n) is 5.89. The molecule has 0 aliphatic carbocycles. The highest BCUT2D eigenvalue weighted by Gasteiger charge is 2.19. The maximum Gasteiger partial charge on any atom is 0.236 e. The zero-order valence-corrected chi connectivity index (χ0v) is 14.9. The van der Waals surface area contributed by atoms with Gasteiger partial charge in [0.05, 0.1) is 6.54 Å². The quantitative estimate of drug-likeness (QED) is 0.842. The fourth-order valence-corrected chi connectivity index (χ4v) is 3.27. The van der Waals surface area contributed by atoms with E-state index in [0.717, 1.165) is 47.7 Å². The van der Waals surface area contributed by atoms with Gasteiger partial charge in [0.1, 0.15) is 13.2 Å². The average molecular weight is 384 g/mol. The summed E-state index contributed by atoms with van der Waals surface area (Å²) in [6.45, 7) is 5.59. The Bertz CT molecular complexity index is 576. The van der Waals surface area contributed by atoms with E-state index < -0.39 is 0 Å². The minimum atomic E-state index is 0.183. The van der Waals surface area contributed by atoms with Gasteiger partial charge in [0, 0.05) is 37.2 Å². The molecule has 0 atom stereocenters. The van der Waals surface area contributed by atoms with Gasteiger partial charge in [-0.3, -0.25) is 9.69 Å². The molecule has 1 aromatic carbocycles. The van der Waals surface area contributed by atoms with Gasteiger partial charge in [-0.05, 0) is 24.7 Å². The number of piperazine rings is 1. The SMILES string of the molecule is CN(CC(=O)N1CCNCC1)Cc1cc2c(cc1Br)OCCO2. The molecule has 0 saturated carbocycles. The Labute approximate surface area is 144 Å². The third-order valence-electron chi connectivity index (χ3n) is 4.03. The van der Waals surface area contributed by atoms with Crippen molar-refractivity contribution in [2.45, 2.75) is 6.54 Å². The van der Waals surface area contributed by atoms with Crippen LogP contribution in [0.3, 0.4) is 0 Å². The predicted molar refractivity (Wildman–Crippen MR) is 90.9 cm³/mol. The van der Waals surface area contributed by atoms with Crippen molar-refractivity contribution in [3.05, 3.63) is 22.2 Å². The molecule has 1 saturated heterocycles. The molecule has 0 aromatic heterocycles. The number of ether oxygens (including phenoxy) is 2. The zero-order chi connectivity index (χ0) is 16.2. The van der Waals surface area contributed by atoms with E-state index in [-0.39, 0.29) is 5.91 Å². The third kappa shape index (κ3) is 4.16. The van der Waals surface area contributed by atoms with Crippen LogP contribution in [0.4, 0.5) is 0 Å². The first-order chi connectivity index (χ1) is 11.1. The number of rotatable bonds is 4. The van der Waals surface area contributed by atoms with E-state index in [0.29, 0.717) is 26.3 Å². The number of halogens is 1. The summed E-state index contributed by atoms with van der Waals surface area (Å²) in [7, 11) is 1.96. The summed E-state index contributed by atoms with van der Waals surface area (Å²) in [6, 6.07) is 3.93. The number of carbonyl (C=O) groups is 1. The highest BCUT2D eigenvalue weighted by Crippen LogP contribution is 2.35. The summed E-state index contributed by atoms with van der Waals surface area (Å²) in [5, 5.41) is 3.26. The summed E-state index contributed by atoms with van der Waals surface area (Å²) in [6.07, 6.45) is 0. The maximum atomic E-state index is 12.3. The summed E-state index contributed by atoms with van der Waals surface area (Å²) in [4.78, 5) is 16.3. The van der Waals surface area contributed by atoms with Crippen molar-refractivity contribution in [3.63, 3.8) is 0 Å². The summed E-state index contributed by atoms with van der Waals surface area (Å²) < 4.78 is 12.2. The summed E-state index contributed by atoms with van der Waals surface area (Å²) in [5.41, 5.74) is 1.09. The number of nitrogens with zero attached hydrogens (tertiary/aromatic N) is 2. The van der Waals surface area contributed by atoms with Crippen LogP contribution in [0.2, 0.25) is 0 Å². The Hall–Kier alpha value is -1.31. The smallest absolute Gasteiger partial charge is 0.236 e. The number of hydrogen-bond donors (Lipinski definition) is 1. The Balaban J connectivity index is 1.61. The van der Waals surface area contributed by atoms with Crippen molar-refractivity contribution >= 4 is 21.8 Å². The average Bonchev–Trinajstić information content (AvgIpc) is 2.56. The van der Waals surface area contributed by atoms with Crippen LogP contribution in [-0.2, 0) is 11.3 Å². The fraction of sp³-hybridized carbons (Fsp3) is 0.562. The Morgan fingerprint density at radius 2 is 1.91 bits per heavy atom. The monoisotopic (exact) mass is 383 g/mol. The fourth-order valence-electron chi connectivity index (χ4n) is 2.82. The van der Waals surface area contributed by atoms with E-state index >= 15 is 0 Å². The van der Waals surface area contributed by atoms with Gasteiger partial charge in [-0.15, -0.1) is 0 Å². The van der Waals surface area contributed by atoms with Gasteiger partial charge in [0.15, 0.2) is 11.5 Å². The van der Waals surface area contributed by atoms with E-state index in [1.165, 1.54) is 0 Å². The molecule has 2 aliphatic heterocycles. The second-order valence-corrected chi connectivity index (χ2v) is 6.74. The Kier molecular flexibility index (Phi) is 5.40. The molecule has 0 unspecified atom stereocenters. The number of amides is 1. The predicted octanol–water partition coefficient (Wildman–Crippen LogP) is 1.08. The third-order valence-corrected chi connectivity index (χ3v) is 4.76. The molecular weight excluding hydrogens is 362 g/mol. The molecule has 0 spiro atoms. The van der Waals surface area contributed by atoms with E-state index in [9.17, 15) is 4.79 Å². The van der Waals surface area contributed by atoms with Crippen LogP contribution in [0.15, 0.2) is 16.6 Å². The number of nitrogens with one attached hydrogen (secondary N) is 1. The van der Waals surface area contributed by atoms with Crippen LogP contribution < -0.4 is 14.8 Å². The molecule has 23 heavy (non-hydrogen) atoms. The van der Waals surface area contributed by atoms with Crippen LogP contribution in [0.1, 0.15) is 5.56 Å². The first kappa shape index (κ1) is 16.5. The lowest BCUT2D eigenvalue weighted by atomic mass is 10.2. The van der Waals surface area contributed by atoms with E-state index in [1.54, 1.807) is 0 Å². The minimum absolute atomic E-state index is 0.183. The van der Waals surface area contributed by atoms with Crippen molar-refractivity contribution in [2.75, 3.05) is 53.0 Å². The lowest BCUT2D eigenvalue weighted by Gasteiger charge is -2.29. The van der Waals surface area contributed by atoms with Gasteiger partial charge in [0.2, 0.25) is 5.91 Å². The lowest BCUT2D eigenvalue weighted by molar-refractivity contribution is -0.132. The Morgan fingerprint density at radius 1 is 1.26 bits per heavy atom. The van der Waals surface area contributed by atoms with Crippen LogP contribution in [-0.4, -0.2) is 68.7 Å². The van der Waals surface area contributed by atoms with Crippen LogP contribution >= 0.6 is 15.9 Å². The molecule has 1 amide bonds. The molecule has 6 nitrogen and oxygen atoms in total. The van der Waals surface area contributed by atoms with E-state index in [4.69, 9.17) is 9.47 Å². The normalized spacial score (nSPS) is 17.4. The topological polar surface area (TPSA) is 54.0 Å². The van der Waals surface area contributed by atoms with Crippen molar-refractivity contribution in [1.82, 2.24) is 15.1 Å². The van der Waals surface area contributed by atoms with Gasteiger partial charge in [0.25, 0.3) is 0 Å². The van der Waals surface area contributed by atoms with Crippen LogP contribution in [0.5, 0.6) is 11.5 Å². The number of hydrogen-bond acceptors (Lipinski definition) is 5. The molecule has 0 radical (unpaired) electrons. The van der Waals surface area contributed by atoms with Gasteiger partial charge >= 0.3 is 0 Å².